The molecular weight excluding hydrogens is 342 g/mol. The molecular formula is C16H17N5O3S. The lowest BCUT2D eigenvalue weighted by Crippen LogP contribution is -2.30. The van der Waals surface area contributed by atoms with E-state index in [1.54, 1.807) is 16.8 Å². The van der Waals surface area contributed by atoms with Gasteiger partial charge in [-0.05, 0) is 31.0 Å². The maximum Gasteiger partial charge on any atom is 0.319 e. The predicted octanol–water partition coefficient (Wildman–Crippen LogP) is 2.90. The lowest BCUT2D eigenvalue weighted by Gasteiger charge is -2.06. The zero-order valence-electron chi connectivity index (χ0n) is 13.4. The van der Waals surface area contributed by atoms with Crippen LogP contribution in [-0.2, 0) is 11.2 Å². The Morgan fingerprint density at radius 3 is 3.24 bits per heavy atom. The largest absolute Gasteiger partial charge is 0.368 e. The molecule has 2 aromatic heterocycles. The number of carbonyl (C=O) groups excluding carboxylic acids is 1. The third-order valence-electron chi connectivity index (χ3n) is 3.91. The Kier molecular flexibility index (Phi) is 4.57. The van der Waals surface area contributed by atoms with Gasteiger partial charge in [0.05, 0.1) is 15.7 Å². The summed E-state index contributed by atoms with van der Waals surface area (Å²) in [6.07, 6.45) is 2.33. The average Bonchev–Trinajstić information content (AvgIpc) is 3.35. The first-order chi connectivity index (χ1) is 12.3. The van der Waals surface area contributed by atoms with E-state index < -0.39 is 0 Å². The van der Waals surface area contributed by atoms with Crippen LogP contribution in [0.4, 0.5) is 10.5 Å². The van der Waals surface area contributed by atoms with Crippen LogP contribution in [0.1, 0.15) is 30.7 Å². The molecule has 2 N–H and O–H groups in total. The summed E-state index contributed by atoms with van der Waals surface area (Å²) in [4.78, 5) is 20.5. The van der Waals surface area contributed by atoms with Crippen LogP contribution in [0.2, 0.25) is 0 Å². The molecule has 1 saturated heterocycles. The number of benzene rings is 1. The van der Waals surface area contributed by atoms with E-state index in [-0.39, 0.29) is 12.1 Å². The van der Waals surface area contributed by atoms with E-state index in [2.05, 4.69) is 25.8 Å². The molecule has 3 aromatic rings. The number of hydrogen-bond acceptors (Lipinski definition) is 7. The quantitative estimate of drug-likeness (QED) is 0.726. The number of hydrogen-bond donors (Lipinski definition) is 2. The Balaban J connectivity index is 1.25. The fourth-order valence-corrected chi connectivity index (χ4v) is 3.33. The highest BCUT2D eigenvalue weighted by atomic mass is 32.1. The van der Waals surface area contributed by atoms with E-state index in [0.717, 1.165) is 29.7 Å². The van der Waals surface area contributed by atoms with Crippen LogP contribution in [-0.4, -0.2) is 34.3 Å². The second-order valence-corrected chi connectivity index (χ2v) is 6.60. The summed E-state index contributed by atoms with van der Waals surface area (Å²) in [5, 5.41) is 9.49. The summed E-state index contributed by atoms with van der Waals surface area (Å²) in [5.41, 5.74) is 3.36. The first kappa shape index (κ1) is 16.0. The van der Waals surface area contributed by atoms with Gasteiger partial charge in [0.25, 0.3) is 5.89 Å². The van der Waals surface area contributed by atoms with Crippen molar-refractivity contribution >= 4 is 33.3 Å². The normalized spacial score (nSPS) is 17.0. The Hall–Kier alpha value is -2.52. The number of rotatable bonds is 5. The second kappa shape index (κ2) is 7.16. The van der Waals surface area contributed by atoms with Gasteiger partial charge in [0.15, 0.2) is 5.82 Å². The van der Waals surface area contributed by atoms with Crippen LogP contribution in [0.3, 0.4) is 0 Å². The smallest absolute Gasteiger partial charge is 0.319 e. The molecule has 2 amide bonds. The summed E-state index contributed by atoms with van der Waals surface area (Å²) in [6.45, 7) is 1.14. The average molecular weight is 359 g/mol. The molecule has 25 heavy (non-hydrogen) atoms. The summed E-state index contributed by atoms with van der Waals surface area (Å²) in [5.74, 6) is 1.09. The number of anilines is 1. The predicted molar refractivity (Wildman–Crippen MR) is 92.6 cm³/mol. The van der Waals surface area contributed by atoms with Gasteiger partial charge >= 0.3 is 6.03 Å². The summed E-state index contributed by atoms with van der Waals surface area (Å²) < 4.78 is 11.8. The van der Waals surface area contributed by atoms with Crippen molar-refractivity contribution in [3.05, 3.63) is 35.4 Å². The molecule has 0 radical (unpaired) electrons. The molecule has 1 aliphatic heterocycles. The van der Waals surface area contributed by atoms with E-state index in [1.807, 2.05) is 18.2 Å². The third-order valence-corrected chi connectivity index (χ3v) is 4.72. The van der Waals surface area contributed by atoms with Crippen LogP contribution in [0.5, 0.6) is 0 Å². The van der Waals surface area contributed by atoms with E-state index in [9.17, 15) is 4.79 Å². The zero-order chi connectivity index (χ0) is 17.1. The number of carbonyl (C=O) groups is 1. The number of thiazole rings is 1. The number of nitrogens with zero attached hydrogens (tertiary/aromatic N) is 3. The maximum atomic E-state index is 12.0. The highest BCUT2D eigenvalue weighted by molar-refractivity contribution is 7.16. The Bertz CT molecular complexity index is 871. The van der Waals surface area contributed by atoms with Gasteiger partial charge in [0.2, 0.25) is 0 Å². The van der Waals surface area contributed by atoms with Crippen LogP contribution < -0.4 is 10.6 Å². The first-order valence-corrected chi connectivity index (χ1v) is 8.98. The number of urea groups is 1. The Morgan fingerprint density at radius 1 is 1.40 bits per heavy atom. The highest BCUT2D eigenvalue weighted by Crippen LogP contribution is 2.26. The molecule has 0 spiro atoms. The van der Waals surface area contributed by atoms with Crippen LogP contribution in [0.25, 0.3) is 10.2 Å². The standard InChI is InChI=1S/C16H17N5O3S/c22-16(19-10-3-4-13-11(8-10)18-9-25-13)17-6-5-14-20-15(24-21-14)12-2-1-7-23-12/h3-4,8-9,12H,1-2,5-7H2,(H2,17,19,22)/t12-/m0/s1. The van der Waals surface area contributed by atoms with E-state index in [0.29, 0.717) is 30.4 Å². The van der Waals surface area contributed by atoms with Crippen LogP contribution in [0, 0.1) is 0 Å². The molecule has 0 saturated carbocycles. The fraction of sp³-hybridized carbons (Fsp3) is 0.375. The minimum Gasteiger partial charge on any atom is -0.368 e. The fourth-order valence-electron chi connectivity index (χ4n) is 2.67. The molecule has 4 rings (SSSR count). The van der Waals surface area contributed by atoms with Crippen LogP contribution >= 0.6 is 11.3 Å². The molecule has 1 aromatic carbocycles. The first-order valence-electron chi connectivity index (χ1n) is 8.10. The third kappa shape index (κ3) is 3.77. The number of fused-ring (bicyclic) bond motifs is 1. The van der Waals surface area contributed by atoms with Gasteiger partial charge in [-0.25, -0.2) is 9.78 Å². The lowest BCUT2D eigenvalue weighted by atomic mass is 10.2. The molecule has 1 aliphatic rings. The van der Waals surface area contributed by atoms with Crippen molar-refractivity contribution in [2.45, 2.75) is 25.4 Å². The van der Waals surface area contributed by atoms with Crippen molar-refractivity contribution < 1.29 is 14.1 Å². The van der Waals surface area contributed by atoms with Gasteiger partial charge < -0.3 is 19.9 Å². The van der Waals surface area contributed by atoms with Crippen molar-refractivity contribution in [3.8, 4) is 0 Å². The monoisotopic (exact) mass is 359 g/mol. The molecule has 8 nitrogen and oxygen atoms in total. The molecule has 1 fully saturated rings. The minimum atomic E-state index is -0.280. The van der Waals surface area contributed by atoms with Gasteiger partial charge in [-0.1, -0.05) is 5.16 Å². The van der Waals surface area contributed by atoms with Gasteiger partial charge in [-0.15, -0.1) is 11.3 Å². The lowest BCUT2D eigenvalue weighted by molar-refractivity contribution is 0.0835. The molecule has 9 heteroatoms. The van der Waals surface area contributed by atoms with Crippen molar-refractivity contribution in [2.75, 3.05) is 18.5 Å². The molecule has 0 bridgehead atoms. The number of nitrogens with one attached hydrogen (secondary N) is 2. The number of aromatic nitrogens is 3. The molecule has 0 aliphatic carbocycles. The summed E-state index contributed by atoms with van der Waals surface area (Å²) in [7, 11) is 0. The van der Waals surface area contributed by atoms with Crippen molar-refractivity contribution in [2.24, 2.45) is 0 Å². The molecule has 3 heterocycles. The van der Waals surface area contributed by atoms with Crippen molar-refractivity contribution in [1.82, 2.24) is 20.4 Å². The highest BCUT2D eigenvalue weighted by Gasteiger charge is 2.23. The van der Waals surface area contributed by atoms with E-state index >= 15 is 0 Å². The van der Waals surface area contributed by atoms with Crippen LogP contribution in [0.15, 0.2) is 28.2 Å². The molecule has 130 valence electrons. The zero-order valence-corrected chi connectivity index (χ0v) is 14.2. The minimum absolute atomic E-state index is 0.0851. The van der Waals surface area contributed by atoms with Gasteiger partial charge in [0, 0.05) is 25.3 Å². The Morgan fingerprint density at radius 2 is 2.36 bits per heavy atom. The second-order valence-electron chi connectivity index (χ2n) is 5.72. The van der Waals surface area contributed by atoms with Gasteiger partial charge in [-0.3, -0.25) is 0 Å². The molecule has 1 atom stereocenters. The van der Waals surface area contributed by atoms with Crippen molar-refractivity contribution in [1.29, 1.82) is 0 Å². The van der Waals surface area contributed by atoms with Crippen molar-refractivity contribution in [3.63, 3.8) is 0 Å². The van der Waals surface area contributed by atoms with E-state index in [1.165, 1.54) is 0 Å². The SMILES string of the molecule is O=C(NCCc1noc([C@@H]2CCCO2)n1)Nc1ccc2scnc2c1. The Labute approximate surface area is 147 Å². The number of amides is 2. The summed E-state index contributed by atoms with van der Waals surface area (Å²) in [6, 6.07) is 5.36. The summed E-state index contributed by atoms with van der Waals surface area (Å²) >= 11 is 1.57. The van der Waals surface area contributed by atoms with Gasteiger partial charge in [-0.2, -0.15) is 4.98 Å². The maximum absolute atomic E-state index is 12.0. The van der Waals surface area contributed by atoms with Gasteiger partial charge in [0.1, 0.15) is 6.10 Å². The van der Waals surface area contributed by atoms with E-state index in [4.69, 9.17) is 9.26 Å². The topological polar surface area (TPSA) is 102 Å². The number of ether oxygens (including phenoxy) is 1. The molecule has 0 unspecified atom stereocenters.